The zero-order chi connectivity index (χ0) is 18.1. The van der Waals surface area contributed by atoms with Crippen LogP contribution in [0, 0.1) is 0 Å². The third-order valence-electron chi connectivity index (χ3n) is 4.23. The summed E-state index contributed by atoms with van der Waals surface area (Å²) in [5.41, 5.74) is 0.574. The summed E-state index contributed by atoms with van der Waals surface area (Å²) in [4.78, 5) is 33.7. The van der Waals surface area contributed by atoms with E-state index in [0.29, 0.717) is 30.4 Å². The van der Waals surface area contributed by atoms with Gasteiger partial charge in [-0.3, -0.25) is 14.5 Å². The second-order valence-electron chi connectivity index (χ2n) is 5.90. The quantitative estimate of drug-likeness (QED) is 0.622. The molecule has 1 aliphatic heterocycles. The standard InChI is InChI=1S/C16H17N5O3S2/c1-25-16-18-21-13(22)9-11(17-15(21)26-16)10-19-4-6-20(7-5-19)14(23)12-3-2-8-24-12/h2-3,8-9H,4-7,10H2,1H3. The number of nitrogens with zero attached hydrogens (tertiary/aromatic N) is 5. The summed E-state index contributed by atoms with van der Waals surface area (Å²) in [6, 6.07) is 4.93. The number of amides is 1. The van der Waals surface area contributed by atoms with Crippen molar-refractivity contribution < 1.29 is 9.21 Å². The third-order valence-corrected chi connectivity index (χ3v) is 6.12. The second-order valence-corrected chi connectivity index (χ2v) is 7.91. The molecule has 136 valence electrons. The molecule has 4 heterocycles. The van der Waals surface area contributed by atoms with Gasteiger partial charge in [0.15, 0.2) is 10.1 Å². The summed E-state index contributed by atoms with van der Waals surface area (Å²) in [5, 5.41) is 4.23. The SMILES string of the molecule is CSc1nn2c(=O)cc(CN3CCN(C(=O)c4ccco4)CC3)nc2s1. The summed E-state index contributed by atoms with van der Waals surface area (Å²) in [7, 11) is 0. The Kier molecular flexibility index (Phi) is 4.79. The number of hydrogen-bond donors (Lipinski definition) is 0. The highest BCUT2D eigenvalue weighted by Crippen LogP contribution is 2.20. The highest BCUT2D eigenvalue weighted by Gasteiger charge is 2.24. The average molecular weight is 391 g/mol. The van der Waals surface area contributed by atoms with Gasteiger partial charge in [-0.25, -0.2) is 4.98 Å². The molecule has 1 saturated heterocycles. The minimum absolute atomic E-state index is 0.0818. The lowest BCUT2D eigenvalue weighted by atomic mass is 10.2. The summed E-state index contributed by atoms with van der Waals surface area (Å²) in [5.74, 6) is 0.287. The Hall–Kier alpha value is -2.17. The Morgan fingerprint density at radius 3 is 2.85 bits per heavy atom. The maximum Gasteiger partial charge on any atom is 0.289 e. The molecule has 1 amide bonds. The Bertz CT molecular complexity index is 974. The Labute approximate surface area is 157 Å². The fourth-order valence-electron chi connectivity index (χ4n) is 2.90. The summed E-state index contributed by atoms with van der Waals surface area (Å²) < 4.78 is 7.34. The van der Waals surface area contributed by atoms with Gasteiger partial charge in [-0.05, 0) is 18.4 Å². The van der Waals surface area contributed by atoms with Crippen molar-refractivity contribution >= 4 is 34.0 Å². The molecule has 0 N–H and O–H groups in total. The van der Waals surface area contributed by atoms with E-state index < -0.39 is 0 Å². The lowest BCUT2D eigenvalue weighted by Gasteiger charge is -2.34. The number of aromatic nitrogens is 3. The lowest BCUT2D eigenvalue weighted by molar-refractivity contribution is 0.0596. The molecule has 4 rings (SSSR count). The number of piperazine rings is 1. The molecule has 0 unspecified atom stereocenters. The first-order chi connectivity index (χ1) is 12.6. The molecule has 0 aliphatic carbocycles. The van der Waals surface area contributed by atoms with E-state index in [1.54, 1.807) is 17.0 Å². The van der Waals surface area contributed by atoms with Crippen molar-refractivity contribution in [3.05, 3.63) is 46.3 Å². The summed E-state index contributed by atoms with van der Waals surface area (Å²) in [6.45, 7) is 3.29. The molecule has 0 aromatic carbocycles. The minimum atomic E-state index is -0.159. The van der Waals surface area contributed by atoms with Crippen LogP contribution in [0.25, 0.3) is 4.96 Å². The largest absolute Gasteiger partial charge is 0.459 e. The van der Waals surface area contributed by atoms with E-state index in [0.717, 1.165) is 23.1 Å². The maximum absolute atomic E-state index is 12.3. The average Bonchev–Trinajstić information content (AvgIpc) is 3.31. The molecule has 1 fully saturated rings. The van der Waals surface area contributed by atoms with Gasteiger partial charge >= 0.3 is 0 Å². The molecule has 8 nitrogen and oxygen atoms in total. The van der Waals surface area contributed by atoms with Crippen LogP contribution in [0.4, 0.5) is 0 Å². The monoisotopic (exact) mass is 391 g/mol. The van der Waals surface area contributed by atoms with Crippen LogP contribution in [0.1, 0.15) is 16.2 Å². The topological polar surface area (TPSA) is 84.0 Å². The van der Waals surface area contributed by atoms with E-state index in [9.17, 15) is 9.59 Å². The van der Waals surface area contributed by atoms with E-state index >= 15 is 0 Å². The van der Waals surface area contributed by atoms with E-state index in [2.05, 4.69) is 15.0 Å². The number of fused-ring (bicyclic) bond motifs is 1. The molecular weight excluding hydrogens is 374 g/mol. The number of carbonyl (C=O) groups is 1. The van der Waals surface area contributed by atoms with Crippen molar-refractivity contribution in [1.29, 1.82) is 0 Å². The van der Waals surface area contributed by atoms with Gasteiger partial charge in [-0.1, -0.05) is 23.1 Å². The van der Waals surface area contributed by atoms with Crippen LogP contribution in [0.15, 0.2) is 38.0 Å². The third kappa shape index (κ3) is 3.39. The van der Waals surface area contributed by atoms with E-state index in [1.165, 1.54) is 39.9 Å². The van der Waals surface area contributed by atoms with Crippen LogP contribution < -0.4 is 5.56 Å². The van der Waals surface area contributed by atoms with Crippen molar-refractivity contribution in [1.82, 2.24) is 24.4 Å². The molecule has 0 spiro atoms. The molecule has 0 bridgehead atoms. The van der Waals surface area contributed by atoms with Gasteiger partial charge in [0.05, 0.1) is 12.0 Å². The van der Waals surface area contributed by atoms with Crippen molar-refractivity contribution in [2.75, 3.05) is 32.4 Å². The Balaban J connectivity index is 1.42. The molecule has 0 radical (unpaired) electrons. The van der Waals surface area contributed by atoms with E-state index in [-0.39, 0.29) is 11.5 Å². The Morgan fingerprint density at radius 1 is 1.35 bits per heavy atom. The van der Waals surface area contributed by atoms with E-state index in [1.807, 2.05) is 6.26 Å². The van der Waals surface area contributed by atoms with Gasteiger partial charge in [0.1, 0.15) is 0 Å². The first-order valence-corrected chi connectivity index (χ1v) is 10.2. The number of carbonyl (C=O) groups excluding carboxylic acids is 1. The zero-order valence-corrected chi connectivity index (χ0v) is 15.8. The predicted octanol–water partition coefficient (Wildman–Crippen LogP) is 1.42. The van der Waals surface area contributed by atoms with Crippen LogP contribution in [-0.4, -0.2) is 62.7 Å². The first-order valence-electron chi connectivity index (χ1n) is 8.13. The van der Waals surface area contributed by atoms with Crippen LogP contribution >= 0.6 is 23.1 Å². The van der Waals surface area contributed by atoms with Gasteiger partial charge in [-0.2, -0.15) is 4.52 Å². The van der Waals surface area contributed by atoms with E-state index in [4.69, 9.17) is 4.42 Å². The summed E-state index contributed by atoms with van der Waals surface area (Å²) in [6.07, 6.45) is 3.43. The predicted molar refractivity (Wildman–Crippen MR) is 98.8 cm³/mol. The Morgan fingerprint density at radius 2 is 2.15 bits per heavy atom. The molecular formula is C16H17N5O3S2. The summed E-state index contributed by atoms with van der Waals surface area (Å²) >= 11 is 2.91. The molecule has 0 atom stereocenters. The van der Waals surface area contributed by atoms with Gasteiger partial charge in [-0.15, -0.1) is 5.10 Å². The van der Waals surface area contributed by atoms with Crippen molar-refractivity contribution in [3.63, 3.8) is 0 Å². The minimum Gasteiger partial charge on any atom is -0.459 e. The zero-order valence-electron chi connectivity index (χ0n) is 14.1. The molecule has 3 aromatic rings. The van der Waals surface area contributed by atoms with Crippen LogP contribution in [-0.2, 0) is 6.54 Å². The van der Waals surface area contributed by atoms with Gasteiger partial charge in [0.25, 0.3) is 11.5 Å². The number of rotatable bonds is 4. The fraction of sp³-hybridized carbons (Fsp3) is 0.375. The van der Waals surface area contributed by atoms with Gasteiger partial charge < -0.3 is 9.32 Å². The highest BCUT2D eigenvalue weighted by molar-refractivity contribution is 8.00. The molecule has 3 aromatic heterocycles. The van der Waals surface area contributed by atoms with Gasteiger partial charge in [0.2, 0.25) is 4.96 Å². The van der Waals surface area contributed by atoms with Crippen molar-refractivity contribution in [2.24, 2.45) is 0 Å². The maximum atomic E-state index is 12.3. The fourth-order valence-corrected chi connectivity index (χ4v) is 4.28. The van der Waals surface area contributed by atoms with Crippen molar-refractivity contribution in [2.45, 2.75) is 10.9 Å². The molecule has 10 heteroatoms. The number of thioether (sulfide) groups is 1. The lowest BCUT2D eigenvalue weighted by Crippen LogP contribution is -2.48. The smallest absolute Gasteiger partial charge is 0.289 e. The van der Waals surface area contributed by atoms with Gasteiger partial charge in [0, 0.05) is 38.8 Å². The number of hydrogen-bond acceptors (Lipinski definition) is 8. The first kappa shape index (κ1) is 17.3. The highest BCUT2D eigenvalue weighted by atomic mass is 32.2. The van der Waals surface area contributed by atoms with Crippen LogP contribution in [0.2, 0.25) is 0 Å². The molecule has 1 aliphatic rings. The molecule has 0 saturated carbocycles. The van der Waals surface area contributed by atoms with Crippen LogP contribution in [0.3, 0.4) is 0 Å². The van der Waals surface area contributed by atoms with Crippen molar-refractivity contribution in [3.8, 4) is 0 Å². The molecule has 26 heavy (non-hydrogen) atoms. The second kappa shape index (κ2) is 7.22. The number of furan rings is 1. The normalized spacial score (nSPS) is 15.7. The van der Waals surface area contributed by atoms with Crippen LogP contribution in [0.5, 0.6) is 0 Å².